The number of nitrogens with one attached hydrogen (secondary N) is 2. The Bertz CT molecular complexity index is 588. The number of aromatic nitrogens is 3. The minimum absolute atomic E-state index is 0.111. The summed E-state index contributed by atoms with van der Waals surface area (Å²) < 4.78 is 1.78. The Labute approximate surface area is 129 Å². The van der Waals surface area contributed by atoms with Crippen LogP contribution < -0.4 is 10.6 Å². The Morgan fingerprint density at radius 2 is 2.14 bits per heavy atom. The van der Waals surface area contributed by atoms with Crippen LogP contribution in [0.4, 0.5) is 0 Å². The van der Waals surface area contributed by atoms with Gasteiger partial charge in [0.25, 0.3) is 0 Å². The zero-order chi connectivity index (χ0) is 15.2. The molecule has 1 aliphatic heterocycles. The van der Waals surface area contributed by atoms with Gasteiger partial charge >= 0.3 is 0 Å². The van der Waals surface area contributed by atoms with Crippen molar-refractivity contribution in [3.05, 3.63) is 48.0 Å². The van der Waals surface area contributed by atoms with Gasteiger partial charge in [-0.15, -0.1) is 0 Å². The van der Waals surface area contributed by atoms with E-state index in [1.165, 1.54) is 6.33 Å². The van der Waals surface area contributed by atoms with Crippen LogP contribution in [-0.2, 0) is 17.9 Å². The zero-order valence-electron chi connectivity index (χ0n) is 12.5. The van der Waals surface area contributed by atoms with Gasteiger partial charge in [-0.25, -0.2) is 9.67 Å². The summed E-state index contributed by atoms with van der Waals surface area (Å²) in [5.74, 6) is 0.263. The number of nitrogens with zero attached hydrogens (tertiary/aromatic N) is 3. The van der Waals surface area contributed by atoms with E-state index in [9.17, 15) is 4.79 Å². The summed E-state index contributed by atoms with van der Waals surface area (Å²) in [6.07, 6.45) is 5.29. The molecule has 1 unspecified atom stereocenters. The van der Waals surface area contributed by atoms with Gasteiger partial charge in [-0.2, -0.15) is 5.10 Å². The highest BCUT2D eigenvalue weighted by Crippen LogP contribution is 2.11. The third kappa shape index (κ3) is 3.92. The van der Waals surface area contributed by atoms with Crippen LogP contribution >= 0.6 is 0 Å². The lowest BCUT2D eigenvalue weighted by molar-refractivity contribution is -0.125. The maximum Gasteiger partial charge on any atom is 0.224 e. The SMILES string of the molecule is O=C(NCc1ccc(Cn2cncn2)cc1)C1CCCNC1. The first-order chi connectivity index (χ1) is 10.8. The fourth-order valence-electron chi connectivity index (χ4n) is 2.67. The Morgan fingerprint density at radius 1 is 1.32 bits per heavy atom. The first-order valence-corrected chi connectivity index (χ1v) is 7.70. The molecule has 3 rings (SSSR count). The molecule has 1 saturated heterocycles. The van der Waals surface area contributed by atoms with Gasteiger partial charge in [0.1, 0.15) is 12.7 Å². The summed E-state index contributed by atoms with van der Waals surface area (Å²) in [4.78, 5) is 16.0. The lowest BCUT2D eigenvalue weighted by Gasteiger charge is -2.21. The van der Waals surface area contributed by atoms with Gasteiger partial charge < -0.3 is 10.6 Å². The average molecular weight is 299 g/mol. The smallest absolute Gasteiger partial charge is 0.224 e. The highest BCUT2D eigenvalue weighted by Gasteiger charge is 2.20. The van der Waals surface area contributed by atoms with Crippen LogP contribution in [0.5, 0.6) is 0 Å². The molecule has 0 spiro atoms. The van der Waals surface area contributed by atoms with E-state index in [4.69, 9.17) is 0 Å². The molecule has 0 radical (unpaired) electrons. The first kappa shape index (κ1) is 14.7. The van der Waals surface area contributed by atoms with E-state index in [0.29, 0.717) is 13.1 Å². The van der Waals surface area contributed by atoms with Crippen molar-refractivity contribution in [3.8, 4) is 0 Å². The van der Waals surface area contributed by atoms with E-state index in [1.54, 1.807) is 11.0 Å². The molecule has 1 aromatic heterocycles. The normalized spacial score (nSPS) is 18.1. The molecule has 2 N–H and O–H groups in total. The number of amides is 1. The Kier molecular flexibility index (Phi) is 4.80. The van der Waals surface area contributed by atoms with Gasteiger partial charge in [0.15, 0.2) is 0 Å². The van der Waals surface area contributed by atoms with Gasteiger partial charge in [-0.05, 0) is 30.5 Å². The van der Waals surface area contributed by atoms with Crippen LogP contribution in [0.25, 0.3) is 0 Å². The van der Waals surface area contributed by atoms with Crippen LogP contribution in [0, 0.1) is 5.92 Å². The molecular weight excluding hydrogens is 278 g/mol. The molecule has 2 heterocycles. The Hall–Kier alpha value is -2.21. The average Bonchev–Trinajstić information content (AvgIpc) is 3.08. The summed E-state index contributed by atoms with van der Waals surface area (Å²) in [6.45, 7) is 3.11. The predicted octanol–water partition coefficient (Wildman–Crippen LogP) is 0.942. The van der Waals surface area contributed by atoms with Crippen LogP contribution in [0.2, 0.25) is 0 Å². The molecule has 6 nitrogen and oxygen atoms in total. The summed E-state index contributed by atoms with van der Waals surface area (Å²) in [5.41, 5.74) is 2.27. The lowest BCUT2D eigenvalue weighted by atomic mass is 9.99. The van der Waals surface area contributed by atoms with Crippen LogP contribution in [0.3, 0.4) is 0 Å². The monoisotopic (exact) mass is 299 g/mol. The van der Waals surface area contributed by atoms with Crippen molar-refractivity contribution in [1.29, 1.82) is 0 Å². The zero-order valence-corrected chi connectivity index (χ0v) is 12.5. The lowest BCUT2D eigenvalue weighted by Crippen LogP contribution is -2.40. The largest absolute Gasteiger partial charge is 0.352 e. The van der Waals surface area contributed by atoms with Crippen molar-refractivity contribution < 1.29 is 4.79 Å². The minimum Gasteiger partial charge on any atom is -0.352 e. The minimum atomic E-state index is 0.111. The Balaban J connectivity index is 1.49. The highest BCUT2D eigenvalue weighted by atomic mass is 16.1. The van der Waals surface area contributed by atoms with Gasteiger partial charge in [0, 0.05) is 13.1 Å². The summed E-state index contributed by atoms with van der Waals surface area (Å²) in [7, 11) is 0. The topological polar surface area (TPSA) is 71.8 Å². The van der Waals surface area contributed by atoms with E-state index in [2.05, 4.69) is 32.8 Å². The van der Waals surface area contributed by atoms with Crippen LogP contribution in [-0.4, -0.2) is 33.8 Å². The van der Waals surface area contributed by atoms with Gasteiger partial charge in [-0.3, -0.25) is 4.79 Å². The van der Waals surface area contributed by atoms with Crippen molar-refractivity contribution in [2.24, 2.45) is 5.92 Å². The van der Waals surface area contributed by atoms with Crippen LogP contribution in [0.15, 0.2) is 36.9 Å². The quantitative estimate of drug-likeness (QED) is 0.862. The van der Waals surface area contributed by atoms with Crippen molar-refractivity contribution in [3.63, 3.8) is 0 Å². The van der Waals surface area contributed by atoms with Crippen molar-refractivity contribution >= 4 is 5.91 Å². The molecule has 1 fully saturated rings. The maximum atomic E-state index is 12.1. The molecule has 0 aliphatic carbocycles. The summed E-state index contributed by atoms with van der Waals surface area (Å²) in [5, 5.41) is 10.4. The van der Waals surface area contributed by atoms with E-state index < -0.39 is 0 Å². The second kappa shape index (κ2) is 7.17. The molecule has 22 heavy (non-hydrogen) atoms. The predicted molar refractivity (Wildman–Crippen MR) is 83.0 cm³/mol. The third-order valence-electron chi connectivity index (χ3n) is 3.97. The second-order valence-electron chi connectivity index (χ2n) is 5.67. The number of hydrogen-bond acceptors (Lipinski definition) is 4. The van der Waals surface area contributed by atoms with E-state index in [0.717, 1.165) is 37.1 Å². The molecule has 0 saturated carbocycles. The number of rotatable bonds is 5. The second-order valence-corrected chi connectivity index (χ2v) is 5.67. The molecule has 1 aromatic carbocycles. The van der Waals surface area contributed by atoms with Gasteiger partial charge in [0.2, 0.25) is 5.91 Å². The molecule has 1 amide bonds. The number of benzene rings is 1. The summed E-state index contributed by atoms with van der Waals surface area (Å²) >= 11 is 0. The molecular formula is C16H21N5O. The number of hydrogen-bond donors (Lipinski definition) is 2. The number of piperidine rings is 1. The van der Waals surface area contributed by atoms with Gasteiger partial charge in [-0.1, -0.05) is 24.3 Å². The molecule has 0 bridgehead atoms. The van der Waals surface area contributed by atoms with E-state index in [-0.39, 0.29) is 11.8 Å². The molecule has 6 heteroatoms. The van der Waals surface area contributed by atoms with E-state index >= 15 is 0 Å². The standard InChI is InChI=1S/C16H21N5O/c22-16(15-2-1-7-17-9-15)19-8-13-3-5-14(6-4-13)10-21-12-18-11-20-21/h3-6,11-12,15,17H,1-2,7-10H2,(H,19,22). The summed E-state index contributed by atoms with van der Waals surface area (Å²) in [6, 6.07) is 8.22. The van der Waals surface area contributed by atoms with Gasteiger partial charge in [0.05, 0.1) is 12.5 Å². The van der Waals surface area contributed by atoms with Crippen molar-refractivity contribution in [2.45, 2.75) is 25.9 Å². The molecule has 116 valence electrons. The highest BCUT2D eigenvalue weighted by molar-refractivity contribution is 5.78. The molecule has 1 atom stereocenters. The molecule has 2 aromatic rings. The number of carbonyl (C=O) groups is 1. The van der Waals surface area contributed by atoms with E-state index in [1.807, 2.05) is 12.1 Å². The van der Waals surface area contributed by atoms with Crippen molar-refractivity contribution in [2.75, 3.05) is 13.1 Å². The van der Waals surface area contributed by atoms with Crippen LogP contribution in [0.1, 0.15) is 24.0 Å². The maximum absolute atomic E-state index is 12.1. The first-order valence-electron chi connectivity index (χ1n) is 7.70. The fourth-order valence-corrected chi connectivity index (χ4v) is 2.67. The third-order valence-corrected chi connectivity index (χ3v) is 3.97. The Morgan fingerprint density at radius 3 is 2.82 bits per heavy atom. The fraction of sp³-hybridized carbons (Fsp3) is 0.438. The molecule has 1 aliphatic rings. The van der Waals surface area contributed by atoms with Crippen molar-refractivity contribution in [1.82, 2.24) is 25.4 Å². The number of carbonyl (C=O) groups excluding carboxylic acids is 1.